The van der Waals surface area contributed by atoms with Crippen molar-refractivity contribution in [2.45, 2.75) is 0 Å². The summed E-state index contributed by atoms with van der Waals surface area (Å²) in [7, 11) is 0. The Morgan fingerprint density at radius 1 is 0.455 bits per heavy atom. The molecule has 0 fully saturated rings. The molecule has 0 N–H and O–H groups in total. The van der Waals surface area contributed by atoms with E-state index in [0.29, 0.717) is 29.0 Å². The second-order valence-corrected chi connectivity index (χ2v) is 11.1. The van der Waals surface area contributed by atoms with Crippen LogP contribution in [0.3, 0.4) is 0 Å². The normalized spacial score (nSPS) is 12.3. The van der Waals surface area contributed by atoms with E-state index in [2.05, 4.69) is 78.9 Å². The van der Waals surface area contributed by atoms with Gasteiger partial charge in [0.05, 0.1) is 14.6 Å². The molecule has 2 nitrogen and oxygen atoms in total. The van der Waals surface area contributed by atoms with Gasteiger partial charge in [-0.3, -0.25) is 0 Å². The van der Waals surface area contributed by atoms with Crippen molar-refractivity contribution >= 4 is 43.3 Å². The third-order valence-electron chi connectivity index (χ3n) is 8.60. The Labute approximate surface area is 257 Å². The number of fused-ring (bicyclic) bond motifs is 4. The first-order valence-electron chi connectivity index (χ1n) is 15.8. The van der Waals surface area contributed by atoms with Crippen molar-refractivity contribution in [3.8, 4) is 44.9 Å². The van der Waals surface area contributed by atoms with Gasteiger partial charge >= 0.3 is 0 Å². The Morgan fingerprint density at radius 2 is 1.11 bits per heavy atom. The average Bonchev–Trinajstić information content (AvgIpc) is 3.77. The fourth-order valence-corrected chi connectivity index (χ4v) is 6.72. The second kappa shape index (κ2) is 9.86. The molecular weight excluding hydrogens is 536 g/mol. The Kier molecular flexibility index (Phi) is 5.09. The molecule has 206 valence electrons. The molecule has 0 spiro atoms. The van der Waals surface area contributed by atoms with E-state index in [1.54, 1.807) is 18.4 Å². The lowest BCUT2D eigenvalue weighted by molar-refractivity contribution is 0.579. The fraction of sp³-hybridized carbons (Fsp3) is 0. The first-order chi connectivity index (χ1) is 22.7. The largest absolute Gasteiger partial charge is 0.464 e. The van der Waals surface area contributed by atoms with Gasteiger partial charge in [-0.05, 0) is 78.8 Å². The highest BCUT2D eigenvalue weighted by molar-refractivity contribution is 6.23. The molecule has 0 saturated heterocycles. The van der Waals surface area contributed by atoms with Gasteiger partial charge in [-0.25, -0.2) is 0 Å². The maximum absolute atomic E-state index is 9.28. The van der Waals surface area contributed by atoms with Crippen molar-refractivity contribution in [1.29, 1.82) is 0 Å². The van der Waals surface area contributed by atoms with Gasteiger partial charge in [0.2, 0.25) is 0 Å². The lowest BCUT2D eigenvalue weighted by Crippen LogP contribution is -1.91. The van der Waals surface area contributed by atoms with E-state index in [0.717, 1.165) is 60.5 Å². The summed E-state index contributed by atoms with van der Waals surface area (Å²) in [6.45, 7) is 0. The Balaban J connectivity index is 1.41. The van der Waals surface area contributed by atoms with Crippen LogP contribution in [0.2, 0.25) is 0 Å². The number of furan rings is 2. The lowest BCUT2D eigenvalue weighted by Gasteiger charge is -2.17. The van der Waals surface area contributed by atoms with E-state index in [1.807, 2.05) is 48.5 Å². The molecule has 0 bridgehead atoms. The van der Waals surface area contributed by atoms with E-state index in [9.17, 15) is 2.74 Å². The maximum atomic E-state index is 9.28. The van der Waals surface area contributed by atoms with Crippen LogP contribution in [0.4, 0.5) is 0 Å². The molecule has 2 heterocycles. The van der Waals surface area contributed by atoms with Crippen molar-refractivity contribution in [2.75, 3.05) is 0 Å². The van der Waals surface area contributed by atoms with Gasteiger partial charge < -0.3 is 8.83 Å². The molecule has 0 atom stereocenters. The van der Waals surface area contributed by atoms with E-state index in [-0.39, 0.29) is 0 Å². The van der Waals surface area contributed by atoms with Crippen LogP contribution in [0.15, 0.2) is 167 Å². The third-order valence-corrected chi connectivity index (χ3v) is 8.60. The molecule has 0 aliphatic heterocycles. The topological polar surface area (TPSA) is 26.3 Å². The summed E-state index contributed by atoms with van der Waals surface area (Å²) in [6.07, 6.45) is 1.67. The zero-order valence-corrected chi connectivity index (χ0v) is 23.7. The van der Waals surface area contributed by atoms with Crippen molar-refractivity contribution in [1.82, 2.24) is 0 Å². The highest BCUT2D eigenvalue weighted by Crippen LogP contribution is 2.49. The average molecular weight is 565 g/mol. The number of para-hydroxylation sites is 1. The van der Waals surface area contributed by atoms with E-state index in [4.69, 9.17) is 8.83 Å². The molecule has 0 saturated carbocycles. The zero-order valence-electron chi connectivity index (χ0n) is 25.7. The van der Waals surface area contributed by atoms with Gasteiger partial charge in [-0.2, -0.15) is 0 Å². The third kappa shape index (κ3) is 3.75. The fourth-order valence-electron chi connectivity index (χ4n) is 6.72. The number of hydrogen-bond acceptors (Lipinski definition) is 2. The molecular formula is C42H26O2. The molecule has 0 radical (unpaired) electrons. The minimum absolute atomic E-state index is 0.337. The minimum atomic E-state index is 0.337. The molecule has 0 aliphatic carbocycles. The predicted octanol–water partition coefficient (Wildman–Crippen LogP) is 12.2. The van der Waals surface area contributed by atoms with E-state index < -0.39 is 0 Å². The molecule has 0 aliphatic rings. The first kappa shape index (κ1) is 22.7. The van der Waals surface area contributed by atoms with E-state index >= 15 is 0 Å². The van der Waals surface area contributed by atoms with Crippen molar-refractivity contribution in [2.24, 2.45) is 0 Å². The quantitative estimate of drug-likeness (QED) is 0.199. The lowest BCUT2D eigenvalue weighted by atomic mass is 9.86. The second-order valence-electron chi connectivity index (χ2n) is 11.1. The molecule has 9 rings (SSSR count). The van der Waals surface area contributed by atoms with Crippen LogP contribution >= 0.6 is 0 Å². The highest BCUT2D eigenvalue weighted by Gasteiger charge is 2.25. The van der Waals surface area contributed by atoms with Crippen LogP contribution in [-0.4, -0.2) is 0 Å². The smallest absolute Gasteiger partial charge is 0.147 e. The SMILES string of the molecule is [2H]c1ccc([2H])c2c(-c3oc4ccccc4c3-c3ccco3)c3ccccc3c(-c3cccc(-c4cccc5ccccc45)c3)c12. The Bertz CT molecular complexity index is 2610. The number of benzene rings is 7. The summed E-state index contributed by atoms with van der Waals surface area (Å²) in [6, 6.07) is 47.6. The van der Waals surface area contributed by atoms with Crippen LogP contribution in [0.1, 0.15) is 2.74 Å². The Hall–Kier alpha value is -5.86. The maximum Gasteiger partial charge on any atom is 0.147 e. The number of rotatable bonds is 4. The van der Waals surface area contributed by atoms with Crippen LogP contribution in [0, 0.1) is 0 Å². The molecule has 0 amide bonds. The number of hydrogen-bond donors (Lipinski definition) is 0. The van der Waals surface area contributed by atoms with Crippen molar-refractivity contribution in [3.05, 3.63) is 158 Å². The monoisotopic (exact) mass is 564 g/mol. The summed E-state index contributed by atoms with van der Waals surface area (Å²) < 4.78 is 31.2. The summed E-state index contributed by atoms with van der Waals surface area (Å²) >= 11 is 0. The zero-order chi connectivity index (χ0) is 30.8. The van der Waals surface area contributed by atoms with Crippen molar-refractivity contribution in [3.63, 3.8) is 0 Å². The van der Waals surface area contributed by atoms with Crippen LogP contribution < -0.4 is 0 Å². The van der Waals surface area contributed by atoms with Crippen LogP contribution in [0.25, 0.3) is 88.2 Å². The summed E-state index contributed by atoms with van der Waals surface area (Å²) in [4.78, 5) is 0. The van der Waals surface area contributed by atoms with Gasteiger partial charge in [-0.1, -0.05) is 127 Å². The van der Waals surface area contributed by atoms with Gasteiger partial charge in [0.15, 0.2) is 0 Å². The van der Waals surface area contributed by atoms with Crippen LogP contribution in [-0.2, 0) is 0 Å². The Morgan fingerprint density at radius 3 is 1.93 bits per heavy atom. The summed E-state index contributed by atoms with van der Waals surface area (Å²) in [5, 5.41) is 6.67. The molecule has 9 aromatic rings. The predicted molar refractivity (Wildman–Crippen MR) is 183 cm³/mol. The molecule has 2 aromatic heterocycles. The van der Waals surface area contributed by atoms with E-state index in [1.165, 1.54) is 10.8 Å². The molecule has 44 heavy (non-hydrogen) atoms. The first-order valence-corrected chi connectivity index (χ1v) is 14.8. The summed E-state index contributed by atoms with van der Waals surface area (Å²) in [5.41, 5.74) is 6.55. The molecule has 0 unspecified atom stereocenters. The standard InChI is InChI=1S/C42H26O2/c1-2-16-30-27(12-1)13-10-22-31(30)28-14-9-15-29(26-28)39-32-17-3-5-19-34(32)40(35-20-6-4-18-33(35)39)42-41(38-24-11-25-43-38)36-21-7-8-23-37(36)44-42/h1-26H/i17D,19D. The van der Waals surface area contributed by atoms with Gasteiger partial charge in [-0.15, -0.1) is 0 Å². The minimum Gasteiger partial charge on any atom is -0.464 e. The van der Waals surface area contributed by atoms with Crippen molar-refractivity contribution < 1.29 is 11.6 Å². The van der Waals surface area contributed by atoms with Gasteiger partial charge in [0.1, 0.15) is 17.1 Å². The summed E-state index contributed by atoms with van der Waals surface area (Å²) in [5.74, 6) is 1.32. The van der Waals surface area contributed by atoms with Crippen LogP contribution in [0.5, 0.6) is 0 Å². The molecule has 7 aromatic carbocycles. The highest BCUT2D eigenvalue weighted by atomic mass is 16.3. The van der Waals surface area contributed by atoms with Gasteiger partial charge in [0.25, 0.3) is 0 Å². The molecule has 2 heteroatoms. The van der Waals surface area contributed by atoms with Gasteiger partial charge in [0, 0.05) is 10.9 Å².